The number of benzene rings is 2. The average Bonchev–Trinajstić information content (AvgIpc) is 2.67. The predicted molar refractivity (Wildman–Crippen MR) is 98.6 cm³/mol. The molecule has 1 aliphatic rings. The van der Waals surface area contributed by atoms with Crippen molar-refractivity contribution < 1.29 is 14.3 Å². The molecular weight excluding hydrogens is 334 g/mol. The van der Waals surface area contributed by atoms with Crippen molar-refractivity contribution >= 4 is 11.9 Å². The second-order valence-electron chi connectivity index (χ2n) is 5.53. The molecule has 8 nitrogen and oxygen atoms in total. The van der Waals surface area contributed by atoms with E-state index in [1.165, 1.54) is 5.06 Å². The van der Waals surface area contributed by atoms with Crippen LogP contribution < -0.4 is 20.9 Å². The molecule has 3 rings (SSSR count). The van der Waals surface area contributed by atoms with Crippen LogP contribution in [0.4, 0.5) is 0 Å². The average molecular weight is 355 g/mol. The van der Waals surface area contributed by atoms with Crippen molar-refractivity contribution in [3.05, 3.63) is 59.7 Å². The maximum atomic E-state index is 6.02. The van der Waals surface area contributed by atoms with Gasteiger partial charge < -0.3 is 20.9 Å². The molecule has 0 fully saturated rings. The molecule has 2 aromatic rings. The van der Waals surface area contributed by atoms with Crippen LogP contribution in [0.3, 0.4) is 0 Å². The lowest BCUT2D eigenvalue weighted by molar-refractivity contribution is -0.141. The van der Waals surface area contributed by atoms with E-state index in [0.29, 0.717) is 18.1 Å². The maximum absolute atomic E-state index is 6.02. The molecule has 1 heterocycles. The first kappa shape index (κ1) is 17.6. The molecule has 1 unspecified atom stereocenters. The normalized spacial score (nSPS) is 16.7. The number of guanidine groups is 2. The number of hydroxylamine groups is 2. The van der Waals surface area contributed by atoms with Crippen LogP contribution in [0.1, 0.15) is 17.3 Å². The Balaban J connectivity index is 1.88. The molecule has 2 aromatic carbocycles. The van der Waals surface area contributed by atoms with E-state index in [0.717, 1.165) is 11.1 Å². The molecule has 26 heavy (non-hydrogen) atoms. The first-order valence-electron chi connectivity index (χ1n) is 7.98. The third kappa shape index (κ3) is 3.70. The topological polar surface area (TPSA) is 108 Å². The SMILES string of the molecule is COc1ccc(C2N=C(N)N=C(N)N2OCc2ccccc2)cc1OC. The van der Waals surface area contributed by atoms with Crippen LogP contribution in [0, 0.1) is 0 Å². The summed E-state index contributed by atoms with van der Waals surface area (Å²) >= 11 is 0. The van der Waals surface area contributed by atoms with E-state index in [-0.39, 0.29) is 11.9 Å². The molecular formula is C18H21N5O3. The minimum absolute atomic E-state index is 0.0850. The molecule has 0 radical (unpaired) electrons. The van der Waals surface area contributed by atoms with Gasteiger partial charge in [0.2, 0.25) is 11.9 Å². The number of aliphatic imine (C=N–C) groups is 2. The van der Waals surface area contributed by atoms with Crippen molar-refractivity contribution in [3.63, 3.8) is 0 Å². The van der Waals surface area contributed by atoms with Crippen LogP contribution in [-0.4, -0.2) is 31.2 Å². The Labute approximate surface area is 151 Å². The number of hydrogen-bond acceptors (Lipinski definition) is 8. The van der Waals surface area contributed by atoms with Crippen LogP contribution in [0.25, 0.3) is 0 Å². The molecule has 4 N–H and O–H groups in total. The lowest BCUT2D eigenvalue weighted by Crippen LogP contribution is -2.44. The molecule has 0 aliphatic carbocycles. The van der Waals surface area contributed by atoms with Crippen LogP contribution in [0.15, 0.2) is 58.5 Å². The third-order valence-corrected chi connectivity index (χ3v) is 3.85. The lowest BCUT2D eigenvalue weighted by atomic mass is 10.1. The van der Waals surface area contributed by atoms with Crippen molar-refractivity contribution in [3.8, 4) is 11.5 Å². The van der Waals surface area contributed by atoms with E-state index in [1.54, 1.807) is 26.4 Å². The van der Waals surface area contributed by atoms with Gasteiger partial charge in [0.15, 0.2) is 17.7 Å². The van der Waals surface area contributed by atoms with Gasteiger partial charge in [0.1, 0.15) is 6.61 Å². The second kappa shape index (κ2) is 7.75. The Kier molecular flexibility index (Phi) is 5.23. The van der Waals surface area contributed by atoms with Gasteiger partial charge in [0, 0.05) is 5.56 Å². The zero-order valence-corrected chi connectivity index (χ0v) is 14.6. The molecule has 0 amide bonds. The highest BCUT2D eigenvalue weighted by atomic mass is 16.7. The number of methoxy groups -OCH3 is 2. The van der Waals surface area contributed by atoms with Crippen molar-refractivity contribution in [2.75, 3.05) is 14.2 Å². The first-order valence-corrected chi connectivity index (χ1v) is 7.98. The fraction of sp³-hybridized carbons (Fsp3) is 0.222. The fourth-order valence-corrected chi connectivity index (χ4v) is 2.58. The molecule has 0 aromatic heterocycles. The van der Waals surface area contributed by atoms with Crippen molar-refractivity contribution in [1.82, 2.24) is 5.06 Å². The highest BCUT2D eigenvalue weighted by Gasteiger charge is 2.28. The van der Waals surface area contributed by atoms with Gasteiger partial charge in [-0.2, -0.15) is 10.1 Å². The van der Waals surface area contributed by atoms with Gasteiger partial charge >= 0.3 is 0 Å². The summed E-state index contributed by atoms with van der Waals surface area (Å²) in [6.07, 6.45) is -0.587. The molecule has 1 aliphatic heterocycles. The minimum atomic E-state index is -0.587. The quantitative estimate of drug-likeness (QED) is 0.818. The summed E-state index contributed by atoms with van der Waals surface area (Å²) in [4.78, 5) is 14.2. The lowest BCUT2D eigenvalue weighted by Gasteiger charge is -2.31. The number of rotatable bonds is 6. The monoisotopic (exact) mass is 355 g/mol. The molecule has 0 bridgehead atoms. The summed E-state index contributed by atoms with van der Waals surface area (Å²) in [6.45, 7) is 0.316. The van der Waals surface area contributed by atoms with Crippen LogP contribution >= 0.6 is 0 Å². The van der Waals surface area contributed by atoms with Gasteiger partial charge in [0.25, 0.3) is 0 Å². The number of hydrogen-bond donors (Lipinski definition) is 2. The summed E-state index contributed by atoms with van der Waals surface area (Å²) in [6, 6.07) is 15.2. The van der Waals surface area contributed by atoms with E-state index in [9.17, 15) is 0 Å². The highest BCUT2D eigenvalue weighted by molar-refractivity contribution is 5.94. The minimum Gasteiger partial charge on any atom is -0.493 e. The number of nitrogens with two attached hydrogens (primary N) is 2. The summed E-state index contributed by atoms with van der Waals surface area (Å²) < 4.78 is 10.6. The Bertz CT molecular complexity index is 823. The summed E-state index contributed by atoms with van der Waals surface area (Å²) in [5.74, 6) is 1.40. The smallest absolute Gasteiger partial charge is 0.226 e. The third-order valence-electron chi connectivity index (χ3n) is 3.85. The highest BCUT2D eigenvalue weighted by Crippen LogP contribution is 2.33. The standard InChI is InChI=1S/C18H21N5O3/c1-24-14-9-8-13(10-15(14)25-2)16-21-17(19)22-18(20)23(16)26-11-12-6-4-3-5-7-12/h3-10,16H,11H2,1-2H3,(H4,19,20,21,22). The van der Waals surface area contributed by atoms with E-state index in [4.69, 9.17) is 25.8 Å². The van der Waals surface area contributed by atoms with Crippen LogP contribution in [0.2, 0.25) is 0 Å². The van der Waals surface area contributed by atoms with Gasteiger partial charge in [-0.25, -0.2) is 4.99 Å². The summed E-state index contributed by atoms with van der Waals surface area (Å²) in [5.41, 5.74) is 13.6. The largest absolute Gasteiger partial charge is 0.493 e. The molecule has 0 saturated carbocycles. The van der Waals surface area contributed by atoms with E-state index in [1.807, 2.05) is 36.4 Å². The second-order valence-corrected chi connectivity index (χ2v) is 5.53. The zero-order chi connectivity index (χ0) is 18.5. The zero-order valence-electron chi connectivity index (χ0n) is 14.6. The van der Waals surface area contributed by atoms with Gasteiger partial charge in [-0.3, -0.25) is 4.84 Å². The Morgan fingerprint density at radius 2 is 1.73 bits per heavy atom. The van der Waals surface area contributed by atoms with E-state index >= 15 is 0 Å². The van der Waals surface area contributed by atoms with Crippen molar-refractivity contribution in [2.45, 2.75) is 12.8 Å². The molecule has 0 spiro atoms. The van der Waals surface area contributed by atoms with Gasteiger partial charge in [-0.15, -0.1) is 0 Å². The molecule has 0 saturated heterocycles. The molecule has 8 heteroatoms. The van der Waals surface area contributed by atoms with Crippen LogP contribution in [-0.2, 0) is 11.4 Å². The Morgan fingerprint density at radius 3 is 2.42 bits per heavy atom. The van der Waals surface area contributed by atoms with Crippen molar-refractivity contribution in [1.29, 1.82) is 0 Å². The number of ether oxygens (including phenoxy) is 2. The summed E-state index contributed by atoms with van der Waals surface area (Å²) in [7, 11) is 3.15. The molecule has 1 atom stereocenters. The summed E-state index contributed by atoms with van der Waals surface area (Å²) in [5, 5.41) is 1.44. The van der Waals surface area contributed by atoms with Gasteiger partial charge in [0.05, 0.1) is 14.2 Å². The van der Waals surface area contributed by atoms with Crippen LogP contribution in [0.5, 0.6) is 11.5 Å². The van der Waals surface area contributed by atoms with E-state index < -0.39 is 6.17 Å². The Morgan fingerprint density at radius 1 is 1.00 bits per heavy atom. The first-order chi connectivity index (χ1) is 12.6. The van der Waals surface area contributed by atoms with Gasteiger partial charge in [-0.1, -0.05) is 36.4 Å². The van der Waals surface area contributed by atoms with Gasteiger partial charge in [-0.05, 0) is 17.7 Å². The molecule has 136 valence electrons. The Hall–Kier alpha value is -3.26. The maximum Gasteiger partial charge on any atom is 0.226 e. The fourth-order valence-electron chi connectivity index (χ4n) is 2.58. The number of nitrogens with zero attached hydrogens (tertiary/aromatic N) is 3. The van der Waals surface area contributed by atoms with Crippen molar-refractivity contribution in [2.24, 2.45) is 21.5 Å². The predicted octanol–water partition coefficient (Wildman–Crippen LogP) is 1.78. The van der Waals surface area contributed by atoms with E-state index in [2.05, 4.69) is 9.98 Å².